The Hall–Kier alpha value is -1.75. The average molecular weight is 217 g/mol. The van der Waals surface area contributed by atoms with Crippen LogP contribution in [-0.4, -0.2) is 47.0 Å². The molecule has 2 rings (SSSR count). The summed E-state index contributed by atoms with van der Waals surface area (Å²) in [7, 11) is 4.09. The molecular formula is C11H15N5. The molecule has 2 aromatic rings. The zero-order valence-corrected chi connectivity index (χ0v) is 9.51. The maximum atomic E-state index is 4.37. The molecule has 0 amide bonds. The summed E-state index contributed by atoms with van der Waals surface area (Å²) in [4.78, 5) is 14.8. The van der Waals surface area contributed by atoms with Crippen LogP contribution >= 0.6 is 0 Å². The predicted octanol–water partition coefficient (Wildman–Crippen LogP) is 0.998. The van der Waals surface area contributed by atoms with Crippen molar-refractivity contribution in [2.75, 3.05) is 32.5 Å². The van der Waals surface area contributed by atoms with Gasteiger partial charge in [-0.15, -0.1) is 0 Å². The zero-order chi connectivity index (χ0) is 11.4. The lowest BCUT2D eigenvalue weighted by atomic mass is 10.4. The van der Waals surface area contributed by atoms with Crippen LogP contribution in [0.2, 0.25) is 0 Å². The highest BCUT2D eigenvalue weighted by atomic mass is 15.1. The van der Waals surface area contributed by atoms with E-state index in [1.165, 1.54) is 0 Å². The number of hydrogen-bond acceptors (Lipinski definition) is 5. The highest BCUT2D eigenvalue weighted by Crippen LogP contribution is 2.09. The number of fused-ring (bicyclic) bond motifs is 1. The second kappa shape index (κ2) is 4.85. The molecule has 0 bridgehead atoms. The Kier molecular flexibility index (Phi) is 3.26. The molecule has 0 saturated heterocycles. The standard InChI is InChI=1S/C11H15N5/c1-16(2)8-7-13-10-4-3-9-11(15-10)14-6-5-12-9/h3-6H,7-8H2,1-2H3,(H,13,14,15). The van der Waals surface area contributed by atoms with Gasteiger partial charge in [0.15, 0.2) is 5.65 Å². The summed E-state index contributed by atoms with van der Waals surface area (Å²) in [6, 6.07) is 3.85. The van der Waals surface area contributed by atoms with Crippen LogP contribution in [0.3, 0.4) is 0 Å². The Morgan fingerprint density at radius 3 is 2.81 bits per heavy atom. The summed E-state index contributed by atoms with van der Waals surface area (Å²) in [6.07, 6.45) is 3.32. The molecule has 5 heteroatoms. The minimum absolute atomic E-state index is 0.678. The molecule has 0 spiro atoms. The quantitative estimate of drug-likeness (QED) is 0.828. The molecule has 5 nitrogen and oxygen atoms in total. The Morgan fingerprint density at radius 1 is 1.19 bits per heavy atom. The van der Waals surface area contributed by atoms with Gasteiger partial charge in [-0.1, -0.05) is 0 Å². The maximum absolute atomic E-state index is 4.37. The number of aromatic nitrogens is 3. The van der Waals surface area contributed by atoms with Gasteiger partial charge in [0.25, 0.3) is 0 Å². The highest BCUT2D eigenvalue weighted by Gasteiger charge is 1.99. The first-order valence-electron chi connectivity index (χ1n) is 5.22. The third kappa shape index (κ3) is 2.64. The van der Waals surface area contributed by atoms with Crippen molar-refractivity contribution in [2.45, 2.75) is 0 Å². The molecule has 0 atom stereocenters. The van der Waals surface area contributed by atoms with Crippen LogP contribution in [0.4, 0.5) is 5.82 Å². The van der Waals surface area contributed by atoms with E-state index in [1.807, 2.05) is 26.2 Å². The van der Waals surface area contributed by atoms with Crippen molar-refractivity contribution in [3.05, 3.63) is 24.5 Å². The van der Waals surface area contributed by atoms with E-state index < -0.39 is 0 Å². The van der Waals surface area contributed by atoms with Crippen LogP contribution in [-0.2, 0) is 0 Å². The summed E-state index contributed by atoms with van der Waals surface area (Å²) >= 11 is 0. The second-order valence-corrected chi connectivity index (χ2v) is 3.83. The van der Waals surface area contributed by atoms with Gasteiger partial charge >= 0.3 is 0 Å². The predicted molar refractivity (Wildman–Crippen MR) is 64.4 cm³/mol. The van der Waals surface area contributed by atoms with Crippen LogP contribution in [0.15, 0.2) is 24.5 Å². The van der Waals surface area contributed by atoms with Gasteiger partial charge in [0.2, 0.25) is 0 Å². The van der Waals surface area contributed by atoms with Gasteiger partial charge in [0.1, 0.15) is 11.3 Å². The maximum Gasteiger partial charge on any atom is 0.180 e. The SMILES string of the molecule is CN(C)CCNc1ccc2nccnc2n1. The Balaban J connectivity index is 2.08. The van der Waals surface area contributed by atoms with Crippen molar-refractivity contribution >= 4 is 17.0 Å². The third-order valence-corrected chi connectivity index (χ3v) is 2.20. The summed E-state index contributed by atoms with van der Waals surface area (Å²) < 4.78 is 0. The van der Waals surface area contributed by atoms with Gasteiger partial charge in [-0.2, -0.15) is 0 Å². The molecule has 0 aliphatic rings. The van der Waals surface area contributed by atoms with Gasteiger partial charge in [-0.25, -0.2) is 9.97 Å². The molecule has 2 aromatic heterocycles. The topological polar surface area (TPSA) is 53.9 Å². The van der Waals surface area contributed by atoms with Crippen LogP contribution in [0.25, 0.3) is 11.2 Å². The molecule has 0 aliphatic heterocycles. The molecule has 16 heavy (non-hydrogen) atoms. The lowest BCUT2D eigenvalue weighted by Gasteiger charge is -2.10. The summed E-state index contributed by atoms with van der Waals surface area (Å²) in [5.74, 6) is 0.842. The molecule has 0 fully saturated rings. The molecule has 0 aliphatic carbocycles. The first-order valence-corrected chi connectivity index (χ1v) is 5.22. The molecule has 1 N–H and O–H groups in total. The van der Waals surface area contributed by atoms with Crippen LogP contribution < -0.4 is 5.32 Å². The van der Waals surface area contributed by atoms with Crippen molar-refractivity contribution in [1.82, 2.24) is 19.9 Å². The summed E-state index contributed by atoms with van der Waals surface area (Å²) in [5, 5.41) is 3.25. The van der Waals surface area contributed by atoms with E-state index in [2.05, 4.69) is 25.2 Å². The van der Waals surface area contributed by atoms with E-state index in [1.54, 1.807) is 12.4 Å². The van der Waals surface area contributed by atoms with Crippen LogP contribution in [0.5, 0.6) is 0 Å². The number of nitrogens with zero attached hydrogens (tertiary/aromatic N) is 4. The number of anilines is 1. The fraction of sp³-hybridized carbons (Fsp3) is 0.364. The molecule has 0 unspecified atom stereocenters. The van der Waals surface area contributed by atoms with E-state index in [0.29, 0.717) is 5.65 Å². The van der Waals surface area contributed by atoms with E-state index in [0.717, 1.165) is 24.4 Å². The van der Waals surface area contributed by atoms with Crippen molar-refractivity contribution < 1.29 is 0 Å². The monoisotopic (exact) mass is 217 g/mol. The normalized spacial score (nSPS) is 10.9. The fourth-order valence-corrected chi connectivity index (χ4v) is 1.36. The first kappa shape index (κ1) is 10.8. The Morgan fingerprint density at radius 2 is 2.00 bits per heavy atom. The lowest BCUT2D eigenvalue weighted by Crippen LogP contribution is -2.21. The molecule has 84 valence electrons. The smallest absolute Gasteiger partial charge is 0.180 e. The molecule has 0 saturated carbocycles. The van der Waals surface area contributed by atoms with Gasteiger partial charge in [-0.05, 0) is 26.2 Å². The number of pyridine rings is 1. The van der Waals surface area contributed by atoms with E-state index >= 15 is 0 Å². The number of likely N-dealkylation sites (N-methyl/N-ethyl adjacent to an activating group) is 1. The largest absolute Gasteiger partial charge is 0.369 e. The van der Waals surface area contributed by atoms with Crippen molar-refractivity contribution in [2.24, 2.45) is 0 Å². The molecule has 0 aromatic carbocycles. The van der Waals surface area contributed by atoms with Gasteiger partial charge in [-0.3, -0.25) is 4.98 Å². The minimum atomic E-state index is 0.678. The zero-order valence-electron chi connectivity index (χ0n) is 9.51. The Labute approximate surface area is 94.5 Å². The van der Waals surface area contributed by atoms with Crippen LogP contribution in [0, 0.1) is 0 Å². The number of nitrogens with one attached hydrogen (secondary N) is 1. The Bertz CT molecular complexity index is 469. The van der Waals surface area contributed by atoms with Crippen LogP contribution in [0.1, 0.15) is 0 Å². The average Bonchev–Trinajstić information content (AvgIpc) is 2.28. The van der Waals surface area contributed by atoms with Gasteiger partial charge in [0, 0.05) is 25.5 Å². The van der Waals surface area contributed by atoms with Crippen molar-refractivity contribution in [1.29, 1.82) is 0 Å². The van der Waals surface area contributed by atoms with Crippen molar-refractivity contribution in [3.8, 4) is 0 Å². The van der Waals surface area contributed by atoms with E-state index in [4.69, 9.17) is 0 Å². The van der Waals surface area contributed by atoms with Gasteiger partial charge < -0.3 is 10.2 Å². The number of hydrogen-bond donors (Lipinski definition) is 1. The molecule has 2 heterocycles. The van der Waals surface area contributed by atoms with E-state index in [9.17, 15) is 0 Å². The summed E-state index contributed by atoms with van der Waals surface area (Å²) in [5.41, 5.74) is 1.50. The second-order valence-electron chi connectivity index (χ2n) is 3.83. The van der Waals surface area contributed by atoms with Gasteiger partial charge in [0.05, 0.1) is 0 Å². The molecule has 0 radical (unpaired) electrons. The van der Waals surface area contributed by atoms with Crippen molar-refractivity contribution in [3.63, 3.8) is 0 Å². The third-order valence-electron chi connectivity index (χ3n) is 2.20. The highest BCUT2D eigenvalue weighted by molar-refractivity contribution is 5.71. The minimum Gasteiger partial charge on any atom is -0.369 e. The molecular weight excluding hydrogens is 202 g/mol. The summed E-state index contributed by atoms with van der Waals surface area (Å²) in [6.45, 7) is 1.84. The lowest BCUT2D eigenvalue weighted by molar-refractivity contribution is 0.425. The van der Waals surface area contributed by atoms with E-state index in [-0.39, 0.29) is 0 Å². The first-order chi connectivity index (χ1) is 7.75. The fourth-order valence-electron chi connectivity index (χ4n) is 1.36. The number of rotatable bonds is 4.